The number of amides is 2. The van der Waals surface area contributed by atoms with Gasteiger partial charge in [0.15, 0.2) is 5.13 Å². The van der Waals surface area contributed by atoms with Crippen LogP contribution in [0.4, 0.5) is 9.93 Å². The highest BCUT2D eigenvalue weighted by Crippen LogP contribution is 2.33. The van der Waals surface area contributed by atoms with Crippen LogP contribution in [0, 0.1) is 18.3 Å². The Morgan fingerprint density at radius 1 is 1.44 bits per heavy atom. The first-order valence-corrected chi connectivity index (χ1v) is 9.21. The number of aliphatic carboxylic acids is 1. The Bertz CT molecular complexity index is 808. The number of hydrogen-bond acceptors (Lipinski definition) is 7. The van der Waals surface area contributed by atoms with E-state index in [2.05, 4.69) is 21.4 Å². The number of nitrogens with one attached hydrogen (secondary N) is 1. The molecule has 0 unspecified atom stereocenters. The number of rotatable bonds is 7. The smallest absolute Gasteiger partial charge is 0.323 e. The van der Waals surface area contributed by atoms with Gasteiger partial charge in [0.2, 0.25) is 0 Å². The first kappa shape index (κ1) is 18.8. The molecule has 10 heteroatoms. The molecule has 0 aromatic carbocycles. The van der Waals surface area contributed by atoms with Crippen molar-refractivity contribution in [2.75, 3.05) is 18.4 Å². The summed E-state index contributed by atoms with van der Waals surface area (Å²) in [6.45, 7) is 4.15. The van der Waals surface area contributed by atoms with E-state index in [4.69, 9.17) is 10.4 Å². The zero-order chi connectivity index (χ0) is 18.4. The van der Waals surface area contributed by atoms with Gasteiger partial charge in [0.05, 0.1) is 35.2 Å². The van der Waals surface area contributed by atoms with Crippen LogP contribution in [0.3, 0.4) is 0 Å². The van der Waals surface area contributed by atoms with Crippen LogP contribution >= 0.6 is 22.7 Å². The van der Waals surface area contributed by atoms with Gasteiger partial charge >= 0.3 is 12.0 Å². The van der Waals surface area contributed by atoms with E-state index in [-0.39, 0.29) is 25.4 Å². The summed E-state index contributed by atoms with van der Waals surface area (Å²) in [6.07, 6.45) is 0.158. The van der Waals surface area contributed by atoms with E-state index < -0.39 is 5.97 Å². The van der Waals surface area contributed by atoms with Gasteiger partial charge in [-0.3, -0.25) is 10.1 Å². The zero-order valence-electron chi connectivity index (χ0n) is 13.8. The molecule has 2 aromatic heterocycles. The number of nitrogens with zero attached hydrogens (tertiary/aromatic N) is 4. The summed E-state index contributed by atoms with van der Waals surface area (Å²) in [6, 6.07) is 1.68. The van der Waals surface area contributed by atoms with Gasteiger partial charge in [0.25, 0.3) is 0 Å². The molecular weight excluding hydrogens is 362 g/mol. The van der Waals surface area contributed by atoms with E-state index in [1.165, 1.54) is 27.6 Å². The molecular formula is C15H17N5O3S2. The molecule has 0 saturated carbocycles. The lowest BCUT2D eigenvalue weighted by molar-refractivity contribution is -0.137. The molecule has 2 aromatic rings. The number of aromatic nitrogens is 2. The maximum absolute atomic E-state index is 12.2. The predicted molar refractivity (Wildman–Crippen MR) is 95.8 cm³/mol. The number of hydrogen-bond donors (Lipinski definition) is 2. The molecule has 0 aliphatic rings. The largest absolute Gasteiger partial charge is 0.481 e. The Morgan fingerprint density at radius 2 is 2.20 bits per heavy atom. The Balaban J connectivity index is 2.09. The quantitative estimate of drug-likeness (QED) is 0.763. The Labute approximate surface area is 152 Å². The fourth-order valence-electron chi connectivity index (χ4n) is 2.06. The van der Waals surface area contributed by atoms with Crippen molar-refractivity contribution in [3.05, 3.63) is 16.1 Å². The number of nitriles is 1. The lowest BCUT2D eigenvalue weighted by Gasteiger charge is -2.19. The summed E-state index contributed by atoms with van der Waals surface area (Å²) in [7, 11) is 0. The third-order valence-electron chi connectivity index (χ3n) is 3.29. The summed E-state index contributed by atoms with van der Waals surface area (Å²) in [5.74, 6) is -0.949. The number of thiazole rings is 2. The van der Waals surface area contributed by atoms with Crippen LogP contribution in [-0.2, 0) is 11.2 Å². The summed E-state index contributed by atoms with van der Waals surface area (Å²) in [4.78, 5) is 33.9. The number of carbonyl (C=O) groups is 2. The van der Waals surface area contributed by atoms with Gasteiger partial charge in [-0.1, -0.05) is 11.3 Å². The highest BCUT2D eigenvalue weighted by Gasteiger charge is 2.17. The second-order valence-corrected chi connectivity index (χ2v) is 6.99. The third-order valence-corrected chi connectivity index (χ3v) is 5.23. The van der Waals surface area contributed by atoms with Gasteiger partial charge in [-0.15, -0.1) is 11.3 Å². The Hall–Kier alpha value is -2.51. The maximum atomic E-state index is 12.2. The van der Waals surface area contributed by atoms with E-state index >= 15 is 0 Å². The first-order chi connectivity index (χ1) is 11.9. The first-order valence-electron chi connectivity index (χ1n) is 7.51. The molecule has 0 aliphatic carbocycles. The topological polar surface area (TPSA) is 119 Å². The van der Waals surface area contributed by atoms with Gasteiger partial charge in [-0.2, -0.15) is 5.26 Å². The van der Waals surface area contributed by atoms with Crippen LogP contribution in [-0.4, -0.2) is 45.1 Å². The van der Waals surface area contributed by atoms with Crippen LogP contribution in [0.25, 0.3) is 10.6 Å². The SMILES string of the molecule is CCN(CCC(=O)O)C(=O)Nc1nc(C)c(-c2csc(CC#N)n2)s1. The minimum atomic E-state index is -0.949. The monoisotopic (exact) mass is 379 g/mol. The molecule has 0 fully saturated rings. The van der Waals surface area contributed by atoms with Gasteiger partial charge in [-0.05, 0) is 13.8 Å². The van der Waals surface area contributed by atoms with Crippen molar-refractivity contribution in [3.63, 3.8) is 0 Å². The maximum Gasteiger partial charge on any atom is 0.323 e. The predicted octanol–water partition coefficient (Wildman–Crippen LogP) is 2.97. The van der Waals surface area contributed by atoms with Crippen LogP contribution in [0.5, 0.6) is 0 Å². The van der Waals surface area contributed by atoms with Crippen molar-refractivity contribution in [2.45, 2.75) is 26.7 Å². The number of urea groups is 1. The van der Waals surface area contributed by atoms with Crippen molar-refractivity contribution in [1.29, 1.82) is 5.26 Å². The fraction of sp³-hybridized carbons (Fsp3) is 0.400. The van der Waals surface area contributed by atoms with E-state index in [9.17, 15) is 9.59 Å². The van der Waals surface area contributed by atoms with Crippen molar-refractivity contribution < 1.29 is 14.7 Å². The van der Waals surface area contributed by atoms with Crippen LogP contribution in [0.2, 0.25) is 0 Å². The summed E-state index contributed by atoms with van der Waals surface area (Å²) >= 11 is 2.71. The third kappa shape index (κ3) is 4.98. The molecule has 0 spiro atoms. The summed E-state index contributed by atoms with van der Waals surface area (Å²) in [5, 5.41) is 23.2. The molecule has 2 amide bonds. The molecule has 8 nitrogen and oxygen atoms in total. The van der Waals surface area contributed by atoms with Crippen LogP contribution in [0.1, 0.15) is 24.0 Å². The molecule has 2 heterocycles. The van der Waals surface area contributed by atoms with E-state index in [0.717, 1.165) is 21.3 Å². The van der Waals surface area contributed by atoms with Gasteiger partial charge < -0.3 is 10.0 Å². The number of carboxylic acids is 1. The second kappa shape index (κ2) is 8.55. The summed E-state index contributed by atoms with van der Waals surface area (Å²) in [5.41, 5.74) is 1.48. The number of anilines is 1. The molecule has 132 valence electrons. The molecule has 0 aliphatic heterocycles. The highest BCUT2D eigenvalue weighted by atomic mass is 32.1. The number of carbonyl (C=O) groups excluding carboxylic acids is 1. The molecule has 25 heavy (non-hydrogen) atoms. The lowest BCUT2D eigenvalue weighted by atomic mass is 10.3. The summed E-state index contributed by atoms with van der Waals surface area (Å²) < 4.78 is 0. The molecule has 2 rings (SSSR count). The van der Waals surface area contributed by atoms with Gasteiger partial charge in [0, 0.05) is 18.5 Å². The molecule has 0 radical (unpaired) electrons. The highest BCUT2D eigenvalue weighted by molar-refractivity contribution is 7.19. The zero-order valence-corrected chi connectivity index (χ0v) is 15.4. The van der Waals surface area contributed by atoms with Gasteiger partial charge in [0.1, 0.15) is 5.01 Å². The van der Waals surface area contributed by atoms with Crippen molar-refractivity contribution in [2.24, 2.45) is 0 Å². The number of aryl methyl sites for hydroxylation is 1. The van der Waals surface area contributed by atoms with E-state index in [1.807, 2.05) is 12.3 Å². The van der Waals surface area contributed by atoms with Gasteiger partial charge in [-0.25, -0.2) is 14.8 Å². The van der Waals surface area contributed by atoms with Crippen LogP contribution < -0.4 is 5.32 Å². The minimum absolute atomic E-state index is 0.107. The van der Waals surface area contributed by atoms with E-state index in [1.54, 1.807) is 6.92 Å². The van der Waals surface area contributed by atoms with E-state index in [0.29, 0.717) is 11.7 Å². The standard InChI is InChI=1S/C15H17N5O3S2/c1-3-20(7-5-12(21)22)15(23)19-14-17-9(2)13(25-14)10-8-24-11(18-10)4-6-16/h8H,3-5,7H2,1-2H3,(H,21,22)(H,17,19,23). The van der Waals surface area contributed by atoms with Crippen molar-refractivity contribution in [3.8, 4) is 16.6 Å². The Kier molecular flexibility index (Phi) is 6.44. The second-order valence-electron chi connectivity index (χ2n) is 5.05. The number of carboxylic acid groups (broad SMARTS) is 1. The van der Waals surface area contributed by atoms with Crippen molar-refractivity contribution >= 4 is 39.8 Å². The molecule has 0 saturated heterocycles. The fourth-order valence-corrected chi connectivity index (χ4v) is 3.76. The Morgan fingerprint density at radius 3 is 2.84 bits per heavy atom. The average Bonchev–Trinajstić information content (AvgIpc) is 3.14. The molecule has 0 atom stereocenters. The average molecular weight is 379 g/mol. The lowest BCUT2D eigenvalue weighted by Crippen LogP contribution is -2.36. The normalized spacial score (nSPS) is 10.3. The molecule has 0 bridgehead atoms. The van der Waals surface area contributed by atoms with Crippen LogP contribution in [0.15, 0.2) is 5.38 Å². The van der Waals surface area contributed by atoms with Crippen molar-refractivity contribution in [1.82, 2.24) is 14.9 Å². The molecule has 2 N–H and O–H groups in total. The minimum Gasteiger partial charge on any atom is -0.481 e.